The van der Waals surface area contributed by atoms with Crippen LogP contribution in [0.3, 0.4) is 0 Å². The van der Waals surface area contributed by atoms with Crippen molar-refractivity contribution < 1.29 is 14.7 Å². The van der Waals surface area contributed by atoms with E-state index in [0.717, 1.165) is 6.42 Å². The molecular formula is C13H22N2O3. The van der Waals surface area contributed by atoms with Gasteiger partial charge in [0, 0.05) is 38.5 Å². The molecule has 2 rings (SSSR count). The number of amides is 2. The predicted octanol–water partition coefficient (Wildman–Crippen LogP) is 0.0841. The van der Waals surface area contributed by atoms with Gasteiger partial charge in [-0.2, -0.15) is 0 Å². The Morgan fingerprint density at radius 1 is 1.50 bits per heavy atom. The maximum Gasteiger partial charge on any atom is 0.228 e. The van der Waals surface area contributed by atoms with E-state index in [4.69, 9.17) is 0 Å². The molecule has 2 fully saturated rings. The van der Waals surface area contributed by atoms with Crippen LogP contribution in [0.4, 0.5) is 0 Å². The lowest BCUT2D eigenvalue weighted by Crippen LogP contribution is -2.36. The minimum atomic E-state index is -0.361. The number of likely N-dealkylation sites (tertiary alicyclic amines) is 2. The van der Waals surface area contributed by atoms with Crippen LogP contribution in [0.25, 0.3) is 0 Å². The van der Waals surface area contributed by atoms with E-state index in [0.29, 0.717) is 32.6 Å². The second-order valence-corrected chi connectivity index (χ2v) is 5.41. The number of aliphatic hydroxyl groups excluding tert-OH is 1. The summed E-state index contributed by atoms with van der Waals surface area (Å²) < 4.78 is 0. The van der Waals surface area contributed by atoms with Crippen molar-refractivity contribution in [1.82, 2.24) is 9.80 Å². The maximum absolute atomic E-state index is 12.3. The Morgan fingerprint density at radius 3 is 2.72 bits per heavy atom. The average Bonchev–Trinajstić information content (AvgIpc) is 2.94. The number of rotatable bonds is 3. The highest BCUT2D eigenvalue weighted by Crippen LogP contribution is 2.25. The summed E-state index contributed by atoms with van der Waals surface area (Å²) in [6.45, 7) is 6.29. The lowest BCUT2D eigenvalue weighted by atomic mass is 10.0. The molecule has 5 heteroatoms. The number of nitrogens with zero attached hydrogens (tertiary/aromatic N) is 2. The second kappa shape index (κ2) is 5.26. The zero-order valence-electron chi connectivity index (χ0n) is 11.1. The highest BCUT2D eigenvalue weighted by atomic mass is 16.3. The average molecular weight is 254 g/mol. The molecule has 2 aliphatic rings. The molecular weight excluding hydrogens is 232 g/mol. The fourth-order valence-corrected chi connectivity index (χ4v) is 2.88. The minimum absolute atomic E-state index is 0.0853. The van der Waals surface area contributed by atoms with E-state index in [1.807, 2.05) is 11.8 Å². The van der Waals surface area contributed by atoms with Gasteiger partial charge >= 0.3 is 0 Å². The third-order valence-corrected chi connectivity index (χ3v) is 4.16. The number of carbonyl (C=O) groups excluding carboxylic acids is 2. The lowest BCUT2D eigenvalue weighted by Gasteiger charge is -2.21. The molecule has 0 spiro atoms. The third-order valence-electron chi connectivity index (χ3n) is 4.16. The Morgan fingerprint density at radius 2 is 2.22 bits per heavy atom. The summed E-state index contributed by atoms with van der Waals surface area (Å²) in [5, 5.41) is 9.54. The van der Waals surface area contributed by atoms with Crippen LogP contribution in [-0.2, 0) is 9.59 Å². The summed E-state index contributed by atoms with van der Waals surface area (Å²) in [6, 6.07) is 0. The first kappa shape index (κ1) is 13.3. The van der Waals surface area contributed by atoms with Crippen LogP contribution < -0.4 is 0 Å². The predicted molar refractivity (Wildman–Crippen MR) is 66.7 cm³/mol. The Labute approximate surface area is 108 Å². The number of hydrogen-bond donors (Lipinski definition) is 1. The first-order chi connectivity index (χ1) is 8.52. The van der Waals surface area contributed by atoms with Crippen molar-refractivity contribution in [1.29, 1.82) is 0 Å². The highest BCUT2D eigenvalue weighted by Gasteiger charge is 2.38. The first-order valence-electron chi connectivity index (χ1n) is 6.77. The minimum Gasteiger partial charge on any atom is -0.393 e. The summed E-state index contributed by atoms with van der Waals surface area (Å²) in [5.74, 6) is 0.183. The first-order valence-corrected chi connectivity index (χ1v) is 6.77. The molecule has 0 bridgehead atoms. The van der Waals surface area contributed by atoms with Gasteiger partial charge < -0.3 is 14.9 Å². The van der Waals surface area contributed by atoms with Gasteiger partial charge in [-0.05, 0) is 20.3 Å². The molecule has 102 valence electrons. The number of carbonyl (C=O) groups is 2. The molecule has 2 aliphatic heterocycles. The van der Waals surface area contributed by atoms with Crippen molar-refractivity contribution >= 4 is 11.8 Å². The van der Waals surface area contributed by atoms with Gasteiger partial charge in [0.05, 0.1) is 12.0 Å². The second-order valence-electron chi connectivity index (χ2n) is 5.41. The molecule has 3 unspecified atom stereocenters. The smallest absolute Gasteiger partial charge is 0.228 e. The molecule has 0 radical (unpaired) electrons. The molecule has 0 aromatic heterocycles. The summed E-state index contributed by atoms with van der Waals surface area (Å²) in [7, 11) is 0. The van der Waals surface area contributed by atoms with Crippen LogP contribution in [0.1, 0.15) is 26.7 Å². The van der Waals surface area contributed by atoms with Crippen LogP contribution in [0.5, 0.6) is 0 Å². The SMILES string of the molecule is CCN1CC(C(=O)N2CCC(C(C)O)C2)CC1=O. The fourth-order valence-electron chi connectivity index (χ4n) is 2.88. The summed E-state index contributed by atoms with van der Waals surface area (Å²) in [5.41, 5.74) is 0. The van der Waals surface area contributed by atoms with Crippen LogP contribution >= 0.6 is 0 Å². The van der Waals surface area contributed by atoms with E-state index < -0.39 is 0 Å². The van der Waals surface area contributed by atoms with Gasteiger partial charge in [-0.15, -0.1) is 0 Å². The molecule has 0 aromatic rings. The van der Waals surface area contributed by atoms with E-state index in [1.54, 1.807) is 11.8 Å². The molecule has 1 N–H and O–H groups in total. The maximum atomic E-state index is 12.3. The number of hydrogen-bond acceptors (Lipinski definition) is 3. The molecule has 3 atom stereocenters. The molecule has 0 aliphatic carbocycles. The van der Waals surface area contributed by atoms with E-state index >= 15 is 0 Å². The summed E-state index contributed by atoms with van der Waals surface area (Å²) >= 11 is 0. The lowest BCUT2D eigenvalue weighted by molar-refractivity contribution is -0.135. The standard InChI is InChI=1S/C13H22N2O3/c1-3-14-8-11(6-12(14)17)13(18)15-5-4-10(7-15)9(2)16/h9-11,16H,3-8H2,1-2H3. The monoisotopic (exact) mass is 254 g/mol. The van der Waals surface area contributed by atoms with E-state index in [2.05, 4.69) is 0 Å². The van der Waals surface area contributed by atoms with Gasteiger partial charge in [-0.25, -0.2) is 0 Å². The van der Waals surface area contributed by atoms with Crippen LogP contribution in [-0.4, -0.2) is 59.0 Å². The van der Waals surface area contributed by atoms with Crippen molar-refractivity contribution in [3.63, 3.8) is 0 Å². The van der Waals surface area contributed by atoms with E-state index in [9.17, 15) is 14.7 Å². The Hall–Kier alpha value is -1.10. The van der Waals surface area contributed by atoms with Gasteiger partial charge in [-0.3, -0.25) is 9.59 Å². The van der Waals surface area contributed by atoms with Gasteiger partial charge in [0.2, 0.25) is 11.8 Å². The molecule has 18 heavy (non-hydrogen) atoms. The summed E-state index contributed by atoms with van der Waals surface area (Å²) in [6.07, 6.45) is 0.851. The summed E-state index contributed by atoms with van der Waals surface area (Å²) in [4.78, 5) is 27.5. The Balaban J connectivity index is 1.91. The third kappa shape index (κ3) is 2.51. The number of aliphatic hydroxyl groups is 1. The van der Waals surface area contributed by atoms with Gasteiger partial charge in [-0.1, -0.05) is 0 Å². The van der Waals surface area contributed by atoms with Crippen LogP contribution in [0.2, 0.25) is 0 Å². The molecule has 0 saturated carbocycles. The fraction of sp³-hybridized carbons (Fsp3) is 0.846. The van der Waals surface area contributed by atoms with Crippen LogP contribution in [0.15, 0.2) is 0 Å². The van der Waals surface area contributed by atoms with Crippen molar-refractivity contribution in [3.8, 4) is 0 Å². The molecule has 2 saturated heterocycles. The normalized spacial score (nSPS) is 30.1. The van der Waals surface area contributed by atoms with Crippen molar-refractivity contribution in [2.75, 3.05) is 26.2 Å². The van der Waals surface area contributed by atoms with Crippen molar-refractivity contribution in [2.24, 2.45) is 11.8 Å². The zero-order chi connectivity index (χ0) is 13.3. The molecule has 2 heterocycles. The Kier molecular flexibility index (Phi) is 3.90. The van der Waals surface area contributed by atoms with Crippen molar-refractivity contribution in [2.45, 2.75) is 32.8 Å². The van der Waals surface area contributed by atoms with E-state index in [1.165, 1.54) is 0 Å². The van der Waals surface area contributed by atoms with Gasteiger partial charge in [0.25, 0.3) is 0 Å². The van der Waals surface area contributed by atoms with Gasteiger partial charge in [0.15, 0.2) is 0 Å². The van der Waals surface area contributed by atoms with Gasteiger partial charge in [0.1, 0.15) is 0 Å². The topological polar surface area (TPSA) is 60.9 Å². The quantitative estimate of drug-likeness (QED) is 0.776. The molecule has 2 amide bonds. The van der Waals surface area contributed by atoms with Crippen molar-refractivity contribution in [3.05, 3.63) is 0 Å². The Bertz CT molecular complexity index is 343. The highest BCUT2D eigenvalue weighted by molar-refractivity contribution is 5.89. The molecule has 0 aromatic carbocycles. The molecule has 5 nitrogen and oxygen atoms in total. The van der Waals surface area contributed by atoms with Crippen LogP contribution in [0, 0.1) is 11.8 Å². The zero-order valence-corrected chi connectivity index (χ0v) is 11.1. The largest absolute Gasteiger partial charge is 0.393 e. The van der Waals surface area contributed by atoms with E-state index in [-0.39, 0.29) is 29.8 Å².